The molecule has 0 aliphatic carbocycles. The van der Waals surface area contributed by atoms with Crippen LogP contribution >= 0.6 is 0 Å². The molecule has 2 N–H and O–H groups in total. The highest BCUT2D eigenvalue weighted by atomic mass is 15.2. The number of rotatable bonds is 1. The number of nitrogens with one attached hydrogen (secondary N) is 2. The van der Waals surface area contributed by atoms with Crippen molar-refractivity contribution in [3.05, 3.63) is 59.9 Å². The lowest BCUT2D eigenvalue weighted by molar-refractivity contribution is 0.717. The van der Waals surface area contributed by atoms with Crippen LogP contribution in [0.1, 0.15) is 11.3 Å². The number of hydrogen-bond acceptors (Lipinski definition) is 2. The van der Waals surface area contributed by atoms with E-state index in [9.17, 15) is 0 Å². The van der Waals surface area contributed by atoms with Gasteiger partial charge in [0.2, 0.25) is 0 Å². The third-order valence-electron chi connectivity index (χ3n) is 4.60. The van der Waals surface area contributed by atoms with Crippen molar-refractivity contribution in [2.75, 3.05) is 11.4 Å². The lowest BCUT2D eigenvalue weighted by Crippen LogP contribution is -2.30. The summed E-state index contributed by atoms with van der Waals surface area (Å²) in [6.07, 6.45) is 2.98. The molecule has 4 heteroatoms. The van der Waals surface area contributed by atoms with Gasteiger partial charge in [0, 0.05) is 53.3 Å². The fraction of sp³-hybridized carbons (Fsp3) is 0.167. The molecular formula is C18H16N4. The van der Waals surface area contributed by atoms with Gasteiger partial charge in [0.15, 0.2) is 0 Å². The molecule has 0 radical (unpaired) electrons. The lowest BCUT2D eigenvalue weighted by Gasteiger charge is -2.28. The first-order valence-electron chi connectivity index (χ1n) is 7.66. The van der Waals surface area contributed by atoms with Crippen LogP contribution in [0.4, 0.5) is 5.82 Å². The first kappa shape index (κ1) is 11.9. The maximum atomic E-state index is 4.76. The smallest absolute Gasteiger partial charge is 0.139 e. The molecule has 0 saturated carbocycles. The summed E-state index contributed by atoms with van der Waals surface area (Å²) in [5.74, 6) is 1.05. The zero-order chi connectivity index (χ0) is 14.5. The topological polar surface area (TPSA) is 47.7 Å². The number of hydrogen-bond donors (Lipinski definition) is 2. The number of nitrogens with zero attached hydrogens (tertiary/aromatic N) is 2. The van der Waals surface area contributed by atoms with Gasteiger partial charge in [0.25, 0.3) is 0 Å². The number of benzene rings is 1. The molecule has 0 spiro atoms. The summed E-state index contributed by atoms with van der Waals surface area (Å²) >= 11 is 0. The van der Waals surface area contributed by atoms with Crippen LogP contribution < -0.4 is 4.90 Å². The second-order valence-corrected chi connectivity index (χ2v) is 5.88. The number of aromatic nitrogens is 3. The molecule has 1 aliphatic rings. The summed E-state index contributed by atoms with van der Waals surface area (Å²) in [4.78, 5) is 13.9. The molecule has 1 aromatic carbocycles. The number of fused-ring (bicyclic) bond motifs is 4. The highest BCUT2D eigenvalue weighted by Gasteiger charge is 2.21. The Balaban J connectivity index is 1.58. The largest absolute Gasteiger partial charge is 0.358 e. The van der Waals surface area contributed by atoms with Crippen LogP contribution in [-0.4, -0.2) is 21.5 Å². The molecule has 0 saturated heterocycles. The van der Waals surface area contributed by atoms with Crippen LogP contribution in [0.25, 0.3) is 21.9 Å². The predicted octanol–water partition coefficient (Wildman–Crippen LogP) is 3.61. The van der Waals surface area contributed by atoms with Crippen LogP contribution in [0.2, 0.25) is 0 Å². The summed E-state index contributed by atoms with van der Waals surface area (Å²) in [7, 11) is 0. The molecule has 22 heavy (non-hydrogen) atoms. The van der Waals surface area contributed by atoms with Gasteiger partial charge < -0.3 is 14.9 Å². The molecule has 4 heterocycles. The van der Waals surface area contributed by atoms with Crippen molar-refractivity contribution in [1.29, 1.82) is 0 Å². The van der Waals surface area contributed by atoms with E-state index in [2.05, 4.69) is 57.3 Å². The second kappa shape index (κ2) is 4.37. The Morgan fingerprint density at radius 1 is 1.05 bits per heavy atom. The summed E-state index contributed by atoms with van der Waals surface area (Å²) in [6, 6.07) is 14.9. The zero-order valence-corrected chi connectivity index (χ0v) is 12.1. The Hall–Kier alpha value is -2.75. The number of pyridine rings is 1. The van der Waals surface area contributed by atoms with E-state index in [0.29, 0.717) is 0 Å². The Morgan fingerprint density at radius 3 is 3.00 bits per heavy atom. The van der Waals surface area contributed by atoms with Crippen molar-refractivity contribution in [2.24, 2.45) is 0 Å². The van der Waals surface area contributed by atoms with Crippen molar-refractivity contribution in [1.82, 2.24) is 15.0 Å². The van der Waals surface area contributed by atoms with E-state index in [0.717, 1.165) is 36.4 Å². The molecule has 108 valence electrons. The second-order valence-electron chi connectivity index (χ2n) is 5.88. The van der Waals surface area contributed by atoms with E-state index in [1.165, 1.54) is 22.2 Å². The van der Waals surface area contributed by atoms with E-state index in [1.807, 2.05) is 6.20 Å². The summed E-state index contributed by atoms with van der Waals surface area (Å²) in [5.41, 5.74) is 4.98. The van der Waals surface area contributed by atoms with Gasteiger partial charge in [-0.05, 0) is 24.3 Å². The highest BCUT2D eigenvalue weighted by molar-refractivity contribution is 5.85. The average Bonchev–Trinajstić information content (AvgIpc) is 3.17. The molecule has 0 fully saturated rings. The Bertz CT molecular complexity index is 979. The minimum absolute atomic E-state index is 0.915. The summed E-state index contributed by atoms with van der Waals surface area (Å²) in [5, 5.41) is 2.50. The summed E-state index contributed by atoms with van der Waals surface area (Å²) in [6.45, 7) is 1.91. The van der Waals surface area contributed by atoms with Gasteiger partial charge in [-0.25, -0.2) is 4.98 Å². The standard InChI is InChI=1S/C18H16N4/c1-2-4-15-13(3-1)14-11-22(10-8-16(14)20-15)17-6-5-12-7-9-19-18(12)21-17/h1-7,9,20H,8,10-11H2,(H,19,21). The molecule has 0 amide bonds. The molecule has 5 rings (SSSR count). The van der Waals surface area contributed by atoms with E-state index >= 15 is 0 Å². The monoisotopic (exact) mass is 288 g/mol. The van der Waals surface area contributed by atoms with Crippen LogP contribution in [0.15, 0.2) is 48.7 Å². The Labute approximate surface area is 127 Å². The quantitative estimate of drug-likeness (QED) is 0.562. The van der Waals surface area contributed by atoms with Gasteiger partial charge in [-0.2, -0.15) is 0 Å². The van der Waals surface area contributed by atoms with Crippen molar-refractivity contribution in [3.8, 4) is 0 Å². The zero-order valence-electron chi connectivity index (χ0n) is 12.1. The maximum absolute atomic E-state index is 4.76. The van der Waals surface area contributed by atoms with Gasteiger partial charge in [-0.1, -0.05) is 18.2 Å². The average molecular weight is 288 g/mol. The van der Waals surface area contributed by atoms with Crippen LogP contribution in [0.5, 0.6) is 0 Å². The number of H-pyrrole nitrogens is 2. The van der Waals surface area contributed by atoms with E-state index in [4.69, 9.17) is 4.98 Å². The fourth-order valence-electron chi connectivity index (χ4n) is 3.46. The molecular weight excluding hydrogens is 272 g/mol. The first-order valence-corrected chi connectivity index (χ1v) is 7.66. The molecule has 4 nitrogen and oxygen atoms in total. The lowest BCUT2D eigenvalue weighted by atomic mass is 10.0. The van der Waals surface area contributed by atoms with Gasteiger partial charge in [-0.15, -0.1) is 0 Å². The minimum atomic E-state index is 0.915. The Kier molecular flexibility index (Phi) is 2.36. The number of aromatic amines is 2. The van der Waals surface area contributed by atoms with E-state index in [1.54, 1.807) is 0 Å². The molecule has 3 aromatic heterocycles. The minimum Gasteiger partial charge on any atom is -0.358 e. The first-order chi connectivity index (χ1) is 10.9. The fourth-order valence-corrected chi connectivity index (χ4v) is 3.46. The number of anilines is 1. The predicted molar refractivity (Wildman–Crippen MR) is 89.1 cm³/mol. The van der Waals surface area contributed by atoms with Crippen molar-refractivity contribution in [3.63, 3.8) is 0 Å². The molecule has 0 unspecified atom stereocenters. The molecule has 0 bridgehead atoms. The van der Waals surface area contributed by atoms with E-state index in [-0.39, 0.29) is 0 Å². The third-order valence-corrected chi connectivity index (χ3v) is 4.60. The van der Waals surface area contributed by atoms with Gasteiger partial charge >= 0.3 is 0 Å². The van der Waals surface area contributed by atoms with Crippen LogP contribution in [-0.2, 0) is 13.0 Å². The van der Waals surface area contributed by atoms with Crippen LogP contribution in [0, 0.1) is 0 Å². The number of para-hydroxylation sites is 1. The highest BCUT2D eigenvalue weighted by Crippen LogP contribution is 2.30. The SMILES string of the molecule is c1ccc2c3c([nH]c2c1)CCN(c1ccc2cc[nH]c2n1)C3. The molecule has 0 atom stereocenters. The Morgan fingerprint density at radius 2 is 2.00 bits per heavy atom. The van der Waals surface area contributed by atoms with Crippen molar-refractivity contribution >= 4 is 27.8 Å². The van der Waals surface area contributed by atoms with Crippen molar-refractivity contribution in [2.45, 2.75) is 13.0 Å². The third kappa shape index (κ3) is 1.67. The summed E-state index contributed by atoms with van der Waals surface area (Å²) < 4.78 is 0. The van der Waals surface area contributed by atoms with Gasteiger partial charge in [-0.3, -0.25) is 0 Å². The molecule has 4 aromatic rings. The normalized spacial score (nSPS) is 14.6. The van der Waals surface area contributed by atoms with E-state index < -0.39 is 0 Å². The van der Waals surface area contributed by atoms with Gasteiger partial charge in [0.1, 0.15) is 11.5 Å². The van der Waals surface area contributed by atoms with Gasteiger partial charge in [0.05, 0.1) is 0 Å². The molecule has 1 aliphatic heterocycles. The van der Waals surface area contributed by atoms with Crippen LogP contribution in [0.3, 0.4) is 0 Å². The van der Waals surface area contributed by atoms with Crippen molar-refractivity contribution < 1.29 is 0 Å². The maximum Gasteiger partial charge on any atom is 0.139 e.